The summed E-state index contributed by atoms with van der Waals surface area (Å²) in [6, 6.07) is 6.00. The summed E-state index contributed by atoms with van der Waals surface area (Å²) < 4.78 is 0.929. The van der Waals surface area contributed by atoms with Gasteiger partial charge < -0.3 is 10.6 Å². The van der Waals surface area contributed by atoms with Gasteiger partial charge in [-0.15, -0.1) is 5.10 Å². The van der Waals surface area contributed by atoms with E-state index >= 15 is 0 Å². The molecule has 1 saturated heterocycles. The van der Waals surface area contributed by atoms with E-state index in [0.29, 0.717) is 16.8 Å². The number of anilines is 1. The fraction of sp³-hybridized carbons (Fsp3) is 0.429. The van der Waals surface area contributed by atoms with Crippen LogP contribution in [0.4, 0.5) is 5.95 Å². The van der Waals surface area contributed by atoms with Gasteiger partial charge in [-0.25, -0.2) is 0 Å². The Kier molecular flexibility index (Phi) is 4.19. The molecule has 1 aliphatic heterocycles. The van der Waals surface area contributed by atoms with E-state index in [-0.39, 0.29) is 12.1 Å². The van der Waals surface area contributed by atoms with Gasteiger partial charge in [-0.3, -0.25) is 5.10 Å². The van der Waals surface area contributed by atoms with Gasteiger partial charge in [-0.2, -0.15) is 4.98 Å². The molecule has 0 radical (unpaired) electrons. The van der Waals surface area contributed by atoms with Gasteiger partial charge in [-0.05, 0) is 38.0 Å². The molecular weight excluding hydrogens is 354 g/mol. The first-order valence-electron chi connectivity index (χ1n) is 6.96. The Hall–Kier alpha value is -1.11. The molecule has 1 aromatic carbocycles. The molecule has 3 N–H and O–H groups in total. The zero-order chi connectivity index (χ0) is 15.0. The van der Waals surface area contributed by atoms with Gasteiger partial charge >= 0.3 is 0 Å². The summed E-state index contributed by atoms with van der Waals surface area (Å²) in [7, 11) is 0. The number of nitrogens with one attached hydrogen (secondary N) is 1. The normalized spacial score (nSPS) is 22.6. The van der Waals surface area contributed by atoms with Crippen LogP contribution in [0.3, 0.4) is 0 Å². The minimum Gasteiger partial charge on any atom is -0.335 e. The van der Waals surface area contributed by atoms with Crippen molar-refractivity contribution >= 4 is 33.5 Å². The molecule has 21 heavy (non-hydrogen) atoms. The smallest absolute Gasteiger partial charge is 0.245 e. The standard InChI is InChI=1S/C14H17BrClN5/c1-8-12(17)3-2-6-21(8)14-18-13(19-20-14)10-7-9(16)4-5-11(10)15/h4-5,7-8,12H,2-3,6,17H2,1H3,(H,18,19,20). The Morgan fingerprint density at radius 2 is 2.29 bits per heavy atom. The highest BCUT2D eigenvalue weighted by Gasteiger charge is 2.28. The molecule has 0 aliphatic carbocycles. The molecule has 7 heteroatoms. The molecular formula is C14H17BrClN5. The Bertz CT molecular complexity index is 644. The van der Waals surface area contributed by atoms with Gasteiger partial charge in [0.25, 0.3) is 0 Å². The van der Waals surface area contributed by atoms with Crippen molar-refractivity contribution in [2.24, 2.45) is 5.73 Å². The lowest BCUT2D eigenvalue weighted by Crippen LogP contribution is -2.50. The fourth-order valence-electron chi connectivity index (χ4n) is 2.64. The van der Waals surface area contributed by atoms with Crippen LogP contribution in [-0.4, -0.2) is 33.8 Å². The Labute approximate surface area is 137 Å². The second kappa shape index (κ2) is 5.94. The predicted molar refractivity (Wildman–Crippen MR) is 88.5 cm³/mol. The molecule has 3 rings (SSSR count). The Morgan fingerprint density at radius 1 is 1.48 bits per heavy atom. The van der Waals surface area contributed by atoms with Gasteiger partial charge in [0.1, 0.15) is 0 Å². The van der Waals surface area contributed by atoms with Crippen LogP contribution in [0.2, 0.25) is 5.02 Å². The van der Waals surface area contributed by atoms with Crippen LogP contribution < -0.4 is 10.6 Å². The molecule has 2 unspecified atom stereocenters. The van der Waals surface area contributed by atoms with Crippen molar-refractivity contribution in [1.29, 1.82) is 0 Å². The van der Waals surface area contributed by atoms with E-state index in [2.05, 4.69) is 42.9 Å². The molecule has 0 amide bonds. The van der Waals surface area contributed by atoms with Crippen molar-refractivity contribution in [1.82, 2.24) is 15.2 Å². The lowest BCUT2D eigenvalue weighted by atomic mass is 9.99. The second-order valence-corrected chi connectivity index (χ2v) is 6.64. The second-order valence-electron chi connectivity index (χ2n) is 5.35. The lowest BCUT2D eigenvalue weighted by Gasteiger charge is -2.36. The van der Waals surface area contributed by atoms with E-state index in [0.717, 1.165) is 29.4 Å². The SMILES string of the molecule is CC1C(N)CCCN1c1n[nH]c(-c2cc(Cl)ccc2Br)n1. The maximum atomic E-state index is 6.14. The molecule has 112 valence electrons. The first kappa shape index (κ1) is 14.8. The molecule has 1 aromatic heterocycles. The van der Waals surface area contributed by atoms with Gasteiger partial charge in [0, 0.05) is 33.7 Å². The highest BCUT2D eigenvalue weighted by Crippen LogP contribution is 2.30. The van der Waals surface area contributed by atoms with Gasteiger partial charge in [0.15, 0.2) is 5.82 Å². The number of piperidine rings is 1. The molecule has 2 aromatic rings. The zero-order valence-electron chi connectivity index (χ0n) is 11.7. The third kappa shape index (κ3) is 2.93. The van der Waals surface area contributed by atoms with Crippen molar-refractivity contribution < 1.29 is 0 Å². The molecule has 2 atom stereocenters. The third-order valence-corrected chi connectivity index (χ3v) is 4.89. The van der Waals surface area contributed by atoms with Gasteiger partial charge in [0.2, 0.25) is 5.95 Å². The summed E-state index contributed by atoms with van der Waals surface area (Å²) >= 11 is 9.57. The van der Waals surface area contributed by atoms with E-state index in [9.17, 15) is 0 Å². The van der Waals surface area contributed by atoms with E-state index in [4.69, 9.17) is 17.3 Å². The quantitative estimate of drug-likeness (QED) is 0.851. The first-order valence-corrected chi connectivity index (χ1v) is 8.13. The van der Waals surface area contributed by atoms with Gasteiger partial charge in [0.05, 0.1) is 0 Å². The molecule has 1 fully saturated rings. The number of aromatic nitrogens is 3. The van der Waals surface area contributed by atoms with Crippen molar-refractivity contribution in [2.45, 2.75) is 31.8 Å². The van der Waals surface area contributed by atoms with Crippen molar-refractivity contribution in [3.05, 3.63) is 27.7 Å². The number of nitrogens with two attached hydrogens (primary N) is 1. The molecule has 0 bridgehead atoms. The highest BCUT2D eigenvalue weighted by atomic mass is 79.9. The zero-order valence-corrected chi connectivity index (χ0v) is 14.0. The average Bonchev–Trinajstić information content (AvgIpc) is 2.94. The minimum absolute atomic E-state index is 0.165. The maximum absolute atomic E-state index is 6.14. The first-order chi connectivity index (χ1) is 10.1. The van der Waals surface area contributed by atoms with E-state index < -0.39 is 0 Å². The monoisotopic (exact) mass is 369 g/mol. The summed E-state index contributed by atoms with van der Waals surface area (Å²) in [6.45, 7) is 3.05. The molecule has 5 nitrogen and oxygen atoms in total. The average molecular weight is 371 g/mol. The van der Waals surface area contributed by atoms with E-state index in [1.807, 2.05) is 18.2 Å². The van der Waals surface area contributed by atoms with Crippen LogP contribution in [0.1, 0.15) is 19.8 Å². The van der Waals surface area contributed by atoms with Crippen molar-refractivity contribution in [3.63, 3.8) is 0 Å². The summed E-state index contributed by atoms with van der Waals surface area (Å²) in [4.78, 5) is 6.77. The van der Waals surface area contributed by atoms with E-state index in [1.165, 1.54) is 0 Å². The topological polar surface area (TPSA) is 70.8 Å². The maximum Gasteiger partial charge on any atom is 0.245 e. The predicted octanol–water partition coefficient (Wildman–Crippen LogP) is 3.20. The number of H-pyrrole nitrogens is 1. The van der Waals surface area contributed by atoms with Crippen LogP contribution in [-0.2, 0) is 0 Å². The largest absolute Gasteiger partial charge is 0.335 e. The molecule has 1 aliphatic rings. The highest BCUT2D eigenvalue weighted by molar-refractivity contribution is 9.10. The Balaban J connectivity index is 1.91. The van der Waals surface area contributed by atoms with Crippen LogP contribution in [0.5, 0.6) is 0 Å². The summed E-state index contributed by atoms with van der Waals surface area (Å²) in [5, 5.41) is 8.00. The number of hydrogen-bond acceptors (Lipinski definition) is 4. The summed E-state index contributed by atoms with van der Waals surface area (Å²) in [5.74, 6) is 1.39. The third-order valence-electron chi connectivity index (χ3n) is 3.96. The molecule has 0 spiro atoms. The number of benzene rings is 1. The summed E-state index contributed by atoms with van der Waals surface area (Å²) in [6.07, 6.45) is 2.12. The van der Waals surface area contributed by atoms with Crippen molar-refractivity contribution in [2.75, 3.05) is 11.4 Å². The lowest BCUT2D eigenvalue weighted by molar-refractivity contribution is 0.416. The number of rotatable bonds is 2. The van der Waals surface area contributed by atoms with Crippen LogP contribution in [0.25, 0.3) is 11.4 Å². The molecule has 0 saturated carbocycles. The van der Waals surface area contributed by atoms with E-state index in [1.54, 1.807) is 0 Å². The van der Waals surface area contributed by atoms with Crippen LogP contribution in [0.15, 0.2) is 22.7 Å². The number of hydrogen-bond donors (Lipinski definition) is 2. The van der Waals surface area contributed by atoms with Gasteiger partial charge in [-0.1, -0.05) is 27.5 Å². The number of aromatic amines is 1. The van der Waals surface area contributed by atoms with Crippen molar-refractivity contribution in [3.8, 4) is 11.4 Å². The number of halogens is 2. The number of nitrogens with zero attached hydrogens (tertiary/aromatic N) is 3. The summed E-state index contributed by atoms with van der Waals surface area (Å²) in [5.41, 5.74) is 7.03. The van der Waals surface area contributed by atoms with Crippen LogP contribution in [0, 0.1) is 0 Å². The fourth-order valence-corrected chi connectivity index (χ4v) is 3.24. The van der Waals surface area contributed by atoms with Crippen LogP contribution >= 0.6 is 27.5 Å². The Morgan fingerprint density at radius 3 is 3.10 bits per heavy atom. The minimum atomic E-state index is 0.165. The molecule has 2 heterocycles.